The van der Waals surface area contributed by atoms with Gasteiger partial charge in [-0.05, 0) is 5.92 Å². The van der Waals surface area contributed by atoms with E-state index in [9.17, 15) is 14.4 Å². The van der Waals surface area contributed by atoms with Crippen LogP contribution < -0.4 is 5.32 Å². The Morgan fingerprint density at radius 3 is 2.57 bits per heavy atom. The summed E-state index contributed by atoms with van der Waals surface area (Å²) in [6, 6.07) is -0.549. The number of nitrogens with one attached hydrogen (secondary N) is 1. The number of hydrogen-bond donors (Lipinski definition) is 2. The van der Waals surface area contributed by atoms with Gasteiger partial charge in [-0.3, -0.25) is 9.59 Å². The predicted octanol–water partition coefficient (Wildman–Crippen LogP) is 0.462. The lowest BCUT2D eigenvalue weighted by Gasteiger charge is -2.23. The normalized spacial score (nSPS) is 17.3. The van der Waals surface area contributed by atoms with Crippen LogP contribution in [0.25, 0.3) is 0 Å². The van der Waals surface area contributed by atoms with Crippen molar-refractivity contribution in [2.45, 2.75) is 19.9 Å². The quantitative estimate of drug-likeness (QED) is 0.802. The number of nitrogens with zero attached hydrogens (tertiary/aromatic N) is 3. The number of carbonyl (C=O) groups excluding carboxylic acids is 2. The van der Waals surface area contributed by atoms with Crippen LogP contribution in [0, 0.1) is 5.92 Å². The Bertz CT molecular complexity index is 605. The highest BCUT2D eigenvalue weighted by molar-refractivity contribution is 7.99. The zero-order valence-electron chi connectivity index (χ0n) is 12.9. The van der Waals surface area contributed by atoms with Gasteiger partial charge in [-0.2, -0.15) is 0 Å². The minimum absolute atomic E-state index is 0.0270. The smallest absolute Gasteiger partial charge is 0.356 e. The summed E-state index contributed by atoms with van der Waals surface area (Å²) in [4.78, 5) is 44.4. The van der Waals surface area contributed by atoms with E-state index in [4.69, 9.17) is 5.11 Å². The van der Waals surface area contributed by atoms with Gasteiger partial charge in [-0.25, -0.2) is 14.8 Å². The molecule has 1 aromatic heterocycles. The molecule has 1 aromatic rings. The summed E-state index contributed by atoms with van der Waals surface area (Å²) in [7, 11) is 0. The molecule has 1 atom stereocenters. The van der Waals surface area contributed by atoms with Crippen molar-refractivity contribution in [1.29, 1.82) is 0 Å². The third-order valence-corrected chi connectivity index (χ3v) is 4.23. The highest BCUT2D eigenvalue weighted by Gasteiger charge is 2.35. The standard InChI is InChI=1S/C14H18N4O4S/c1-8(2)3-17-12(19)11-6-23-7-18(11)13(20)9-4-16-10(5-15-9)14(21)22/h4-5,8,11H,3,6-7H2,1-2H3,(H,17,19)(H,21,22). The molecule has 0 saturated carbocycles. The Hall–Kier alpha value is -2.16. The molecule has 124 valence electrons. The summed E-state index contributed by atoms with van der Waals surface area (Å²) in [6.45, 7) is 4.54. The van der Waals surface area contributed by atoms with E-state index in [1.807, 2.05) is 13.8 Å². The van der Waals surface area contributed by atoms with Crippen LogP contribution in [0.5, 0.6) is 0 Å². The molecule has 0 bridgehead atoms. The number of hydrogen-bond acceptors (Lipinski definition) is 6. The molecule has 2 heterocycles. The average Bonchev–Trinajstić information content (AvgIpc) is 3.01. The fourth-order valence-corrected chi connectivity index (χ4v) is 3.13. The Balaban J connectivity index is 2.08. The molecule has 1 fully saturated rings. The van der Waals surface area contributed by atoms with Crippen LogP contribution in [0.3, 0.4) is 0 Å². The van der Waals surface area contributed by atoms with E-state index in [-0.39, 0.29) is 17.3 Å². The van der Waals surface area contributed by atoms with Crippen molar-refractivity contribution >= 4 is 29.5 Å². The van der Waals surface area contributed by atoms with Gasteiger partial charge in [0, 0.05) is 12.3 Å². The van der Waals surface area contributed by atoms with E-state index in [0.717, 1.165) is 12.4 Å². The molecule has 2 amide bonds. The molecule has 2 N–H and O–H groups in total. The third kappa shape index (κ3) is 4.19. The number of thioether (sulfide) groups is 1. The second-order valence-corrected chi connectivity index (χ2v) is 6.52. The van der Waals surface area contributed by atoms with Gasteiger partial charge in [0.25, 0.3) is 5.91 Å². The number of carboxylic acid groups (broad SMARTS) is 1. The molecular weight excluding hydrogens is 320 g/mol. The average molecular weight is 338 g/mol. The zero-order chi connectivity index (χ0) is 17.0. The molecule has 1 unspecified atom stereocenters. The van der Waals surface area contributed by atoms with E-state index >= 15 is 0 Å². The van der Waals surface area contributed by atoms with Gasteiger partial charge < -0.3 is 15.3 Å². The molecule has 1 aliphatic rings. The predicted molar refractivity (Wildman–Crippen MR) is 84.1 cm³/mol. The minimum atomic E-state index is -1.21. The van der Waals surface area contributed by atoms with Gasteiger partial charge in [0.15, 0.2) is 5.69 Å². The van der Waals surface area contributed by atoms with Crippen molar-refractivity contribution < 1.29 is 19.5 Å². The van der Waals surface area contributed by atoms with Gasteiger partial charge in [-0.1, -0.05) is 13.8 Å². The van der Waals surface area contributed by atoms with Crippen molar-refractivity contribution in [3.63, 3.8) is 0 Å². The lowest BCUT2D eigenvalue weighted by atomic mass is 10.2. The van der Waals surface area contributed by atoms with Crippen LogP contribution >= 0.6 is 11.8 Å². The maximum atomic E-state index is 12.5. The van der Waals surface area contributed by atoms with E-state index in [2.05, 4.69) is 15.3 Å². The largest absolute Gasteiger partial charge is 0.476 e. The second kappa shape index (κ2) is 7.40. The van der Waals surface area contributed by atoms with E-state index in [1.165, 1.54) is 16.7 Å². The highest BCUT2D eigenvalue weighted by atomic mass is 32.2. The number of carbonyl (C=O) groups is 3. The number of aromatic carboxylic acids is 1. The summed E-state index contributed by atoms with van der Waals surface area (Å²) in [5.41, 5.74) is -0.206. The summed E-state index contributed by atoms with van der Waals surface area (Å²) in [6.07, 6.45) is 2.16. The lowest BCUT2D eigenvalue weighted by Crippen LogP contribution is -2.48. The SMILES string of the molecule is CC(C)CNC(=O)C1CSCN1C(=O)c1cnc(C(=O)O)cn1. The first-order valence-corrected chi connectivity index (χ1v) is 8.27. The van der Waals surface area contributed by atoms with Crippen LogP contribution in [0.15, 0.2) is 12.4 Å². The van der Waals surface area contributed by atoms with E-state index < -0.39 is 17.9 Å². The Morgan fingerprint density at radius 2 is 2.00 bits per heavy atom. The maximum absolute atomic E-state index is 12.5. The zero-order valence-corrected chi connectivity index (χ0v) is 13.7. The Kier molecular flexibility index (Phi) is 5.54. The van der Waals surface area contributed by atoms with Crippen molar-refractivity contribution in [3.05, 3.63) is 23.8 Å². The van der Waals surface area contributed by atoms with E-state index in [1.54, 1.807) is 0 Å². The van der Waals surface area contributed by atoms with Gasteiger partial charge in [-0.15, -0.1) is 11.8 Å². The molecule has 0 radical (unpaired) electrons. The fourth-order valence-electron chi connectivity index (χ4n) is 1.98. The van der Waals surface area contributed by atoms with Gasteiger partial charge in [0.1, 0.15) is 11.7 Å². The number of aromatic nitrogens is 2. The summed E-state index contributed by atoms with van der Waals surface area (Å²) in [5, 5.41) is 11.6. The molecule has 1 saturated heterocycles. The minimum Gasteiger partial charge on any atom is -0.476 e. The van der Waals surface area contributed by atoms with Crippen LogP contribution in [0.2, 0.25) is 0 Å². The number of carboxylic acids is 1. The van der Waals surface area contributed by atoms with Crippen molar-refractivity contribution in [2.24, 2.45) is 5.92 Å². The van der Waals surface area contributed by atoms with Crippen molar-refractivity contribution in [1.82, 2.24) is 20.2 Å². The maximum Gasteiger partial charge on any atom is 0.356 e. The highest BCUT2D eigenvalue weighted by Crippen LogP contribution is 2.22. The van der Waals surface area contributed by atoms with Crippen LogP contribution in [-0.4, -0.2) is 62.0 Å². The summed E-state index contributed by atoms with van der Waals surface area (Å²) >= 11 is 1.49. The first kappa shape index (κ1) is 17.2. The van der Waals surface area contributed by atoms with Crippen LogP contribution in [0.1, 0.15) is 34.8 Å². The van der Waals surface area contributed by atoms with Crippen molar-refractivity contribution in [3.8, 4) is 0 Å². The number of rotatable bonds is 5. The summed E-state index contributed by atoms with van der Waals surface area (Å²) in [5.74, 6) is -0.584. The van der Waals surface area contributed by atoms with Gasteiger partial charge in [0.05, 0.1) is 18.3 Å². The molecule has 0 aliphatic carbocycles. The first-order chi connectivity index (χ1) is 10.9. The van der Waals surface area contributed by atoms with Gasteiger partial charge in [0.2, 0.25) is 5.91 Å². The third-order valence-electron chi connectivity index (χ3n) is 3.22. The Labute approximate surface area is 137 Å². The first-order valence-electron chi connectivity index (χ1n) is 7.12. The number of amides is 2. The molecule has 8 nitrogen and oxygen atoms in total. The Morgan fingerprint density at radius 1 is 1.35 bits per heavy atom. The second-order valence-electron chi connectivity index (χ2n) is 5.52. The molecule has 1 aliphatic heterocycles. The fraction of sp³-hybridized carbons (Fsp3) is 0.500. The molecule has 0 aromatic carbocycles. The molecular formula is C14H18N4O4S. The van der Waals surface area contributed by atoms with Crippen LogP contribution in [-0.2, 0) is 4.79 Å². The monoisotopic (exact) mass is 338 g/mol. The van der Waals surface area contributed by atoms with Crippen LogP contribution in [0.4, 0.5) is 0 Å². The molecule has 23 heavy (non-hydrogen) atoms. The summed E-state index contributed by atoms with van der Waals surface area (Å²) < 4.78 is 0. The molecule has 0 spiro atoms. The molecule has 9 heteroatoms. The van der Waals surface area contributed by atoms with Crippen molar-refractivity contribution in [2.75, 3.05) is 18.2 Å². The molecule has 2 rings (SSSR count). The topological polar surface area (TPSA) is 112 Å². The van der Waals surface area contributed by atoms with E-state index in [0.29, 0.717) is 24.1 Å². The van der Waals surface area contributed by atoms with Gasteiger partial charge >= 0.3 is 5.97 Å². The lowest BCUT2D eigenvalue weighted by molar-refractivity contribution is -0.124.